The number of anilines is 1. The number of benzene rings is 2. The number of fused-ring (bicyclic) bond motifs is 1. The number of aryl methyl sites for hydroxylation is 1. The SMILES string of the molecule is Cc1cc(OCCn2c(=O)ccc3cc(F)ccc32)ccc1N. The first kappa shape index (κ1) is 15.1. The second kappa shape index (κ2) is 6.12. The van der Waals surface area contributed by atoms with Crippen LogP contribution in [0.1, 0.15) is 5.56 Å². The van der Waals surface area contributed by atoms with Crippen LogP contribution < -0.4 is 16.0 Å². The minimum Gasteiger partial charge on any atom is -0.492 e. The van der Waals surface area contributed by atoms with Crippen LogP contribution in [0.25, 0.3) is 10.9 Å². The lowest BCUT2D eigenvalue weighted by molar-refractivity contribution is 0.298. The maximum atomic E-state index is 13.3. The fourth-order valence-corrected chi connectivity index (χ4v) is 2.50. The Morgan fingerprint density at radius 3 is 2.74 bits per heavy atom. The molecule has 3 aromatic rings. The van der Waals surface area contributed by atoms with Crippen molar-refractivity contribution in [1.82, 2.24) is 4.57 Å². The molecule has 0 atom stereocenters. The second-order valence-electron chi connectivity index (χ2n) is 5.39. The molecular weight excluding hydrogens is 295 g/mol. The van der Waals surface area contributed by atoms with Gasteiger partial charge in [-0.3, -0.25) is 4.79 Å². The van der Waals surface area contributed by atoms with Crippen LogP contribution in [0.15, 0.2) is 53.3 Å². The Hall–Kier alpha value is -2.82. The highest BCUT2D eigenvalue weighted by Crippen LogP contribution is 2.19. The summed E-state index contributed by atoms with van der Waals surface area (Å²) in [5.74, 6) is 0.382. The van der Waals surface area contributed by atoms with Crippen LogP contribution in [0.2, 0.25) is 0 Å². The van der Waals surface area contributed by atoms with E-state index in [-0.39, 0.29) is 11.4 Å². The summed E-state index contributed by atoms with van der Waals surface area (Å²) < 4.78 is 20.6. The lowest BCUT2D eigenvalue weighted by atomic mass is 10.2. The third-order valence-corrected chi connectivity index (χ3v) is 3.78. The largest absolute Gasteiger partial charge is 0.492 e. The number of hydrogen-bond donors (Lipinski definition) is 1. The number of nitrogens with zero attached hydrogens (tertiary/aromatic N) is 1. The Morgan fingerprint density at radius 2 is 1.96 bits per heavy atom. The predicted molar refractivity (Wildman–Crippen MR) is 89.3 cm³/mol. The normalized spacial score (nSPS) is 10.9. The first-order valence-electron chi connectivity index (χ1n) is 7.32. The minimum absolute atomic E-state index is 0.138. The van der Waals surface area contributed by atoms with E-state index in [0.717, 1.165) is 5.56 Å². The van der Waals surface area contributed by atoms with E-state index < -0.39 is 0 Å². The van der Waals surface area contributed by atoms with Crippen molar-refractivity contribution in [2.24, 2.45) is 0 Å². The zero-order chi connectivity index (χ0) is 16.4. The Bertz CT molecular complexity index is 919. The minimum atomic E-state index is -0.323. The summed E-state index contributed by atoms with van der Waals surface area (Å²) >= 11 is 0. The summed E-state index contributed by atoms with van der Waals surface area (Å²) in [6, 6.07) is 12.9. The van der Waals surface area contributed by atoms with Gasteiger partial charge in [-0.05, 0) is 55.0 Å². The van der Waals surface area contributed by atoms with E-state index in [4.69, 9.17) is 10.5 Å². The number of nitrogens with two attached hydrogens (primary N) is 1. The number of rotatable bonds is 4. The summed E-state index contributed by atoms with van der Waals surface area (Å²) in [6.45, 7) is 2.62. The summed E-state index contributed by atoms with van der Waals surface area (Å²) in [5.41, 5.74) is 7.98. The van der Waals surface area contributed by atoms with Gasteiger partial charge in [-0.1, -0.05) is 0 Å². The van der Waals surface area contributed by atoms with Crippen LogP contribution in [-0.2, 0) is 6.54 Å². The maximum Gasteiger partial charge on any atom is 0.251 e. The van der Waals surface area contributed by atoms with Gasteiger partial charge in [-0.15, -0.1) is 0 Å². The number of hydrogen-bond acceptors (Lipinski definition) is 3. The molecule has 2 N–H and O–H groups in total. The highest BCUT2D eigenvalue weighted by Gasteiger charge is 2.05. The highest BCUT2D eigenvalue weighted by atomic mass is 19.1. The number of ether oxygens (including phenoxy) is 1. The predicted octanol–water partition coefficient (Wildman–Crippen LogP) is 3.11. The fraction of sp³-hybridized carbons (Fsp3) is 0.167. The van der Waals surface area contributed by atoms with Gasteiger partial charge in [0.1, 0.15) is 18.2 Å². The number of halogens is 1. The Balaban J connectivity index is 1.80. The zero-order valence-corrected chi connectivity index (χ0v) is 12.8. The van der Waals surface area contributed by atoms with Gasteiger partial charge in [-0.2, -0.15) is 0 Å². The molecule has 1 aromatic heterocycles. The quantitative estimate of drug-likeness (QED) is 0.753. The Morgan fingerprint density at radius 1 is 1.13 bits per heavy atom. The van der Waals surface area contributed by atoms with Crippen LogP contribution in [0.4, 0.5) is 10.1 Å². The van der Waals surface area contributed by atoms with Crippen LogP contribution in [0.5, 0.6) is 5.75 Å². The molecule has 0 saturated carbocycles. The van der Waals surface area contributed by atoms with Gasteiger partial charge < -0.3 is 15.0 Å². The van der Waals surface area contributed by atoms with E-state index in [1.165, 1.54) is 18.2 Å². The molecule has 1 heterocycles. The second-order valence-corrected chi connectivity index (χ2v) is 5.39. The van der Waals surface area contributed by atoms with Crippen LogP contribution in [-0.4, -0.2) is 11.2 Å². The average molecular weight is 312 g/mol. The van der Waals surface area contributed by atoms with Crippen LogP contribution in [0, 0.1) is 12.7 Å². The smallest absolute Gasteiger partial charge is 0.251 e. The van der Waals surface area contributed by atoms with E-state index in [9.17, 15) is 9.18 Å². The molecule has 118 valence electrons. The fourth-order valence-electron chi connectivity index (χ4n) is 2.50. The molecule has 0 bridgehead atoms. The van der Waals surface area contributed by atoms with Crippen molar-refractivity contribution in [3.8, 4) is 5.75 Å². The van der Waals surface area contributed by atoms with E-state index in [1.807, 2.05) is 13.0 Å². The first-order chi connectivity index (χ1) is 11.0. The third kappa shape index (κ3) is 3.18. The third-order valence-electron chi connectivity index (χ3n) is 3.78. The molecule has 0 saturated heterocycles. The first-order valence-corrected chi connectivity index (χ1v) is 7.32. The van der Waals surface area contributed by atoms with Crippen LogP contribution >= 0.6 is 0 Å². The molecule has 4 nitrogen and oxygen atoms in total. The average Bonchev–Trinajstić information content (AvgIpc) is 2.53. The van der Waals surface area contributed by atoms with Crippen molar-refractivity contribution in [3.63, 3.8) is 0 Å². The molecule has 0 fully saturated rings. The molecule has 23 heavy (non-hydrogen) atoms. The van der Waals surface area contributed by atoms with E-state index >= 15 is 0 Å². The van der Waals surface area contributed by atoms with Gasteiger partial charge >= 0.3 is 0 Å². The lowest BCUT2D eigenvalue weighted by Gasteiger charge is -2.12. The van der Waals surface area contributed by atoms with Crippen molar-refractivity contribution < 1.29 is 9.13 Å². The molecule has 0 spiro atoms. The van der Waals surface area contributed by atoms with Crippen molar-refractivity contribution in [2.75, 3.05) is 12.3 Å². The topological polar surface area (TPSA) is 57.2 Å². The van der Waals surface area contributed by atoms with Gasteiger partial charge in [0.2, 0.25) is 0 Å². The standard InChI is InChI=1S/C18H17FN2O2/c1-12-10-15(4-5-16(12)20)23-9-8-21-17-6-3-14(19)11-13(17)2-7-18(21)22/h2-7,10-11H,8-9,20H2,1H3. The number of aromatic nitrogens is 1. The zero-order valence-electron chi connectivity index (χ0n) is 12.8. The molecule has 0 aliphatic rings. The van der Waals surface area contributed by atoms with Crippen molar-refractivity contribution in [3.05, 3.63) is 70.3 Å². The molecule has 0 radical (unpaired) electrons. The summed E-state index contributed by atoms with van der Waals surface area (Å²) in [5, 5.41) is 0.688. The number of nitrogen functional groups attached to an aromatic ring is 1. The molecule has 0 unspecified atom stereocenters. The van der Waals surface area contributed by atoms with E-state index in [1.54, 1.807) is 28.8 Å². The molecule has 0 aliphatic heterocycles. The van der Waals surface area contributed by atoms with E-state index in [2.05, 4.69) is 0 Å². The Kier molecular flexibility index (Phi) is 4.02. The molecule has 2 aromatic carbocycles. The molecule has 5 heteroatoms. The van der Waals surface area contributed by atoms with Crippen molar-refractivity contribution in [2.45, 2.75) is 13.5 Å². The van der Waals surface area contributed by atoms with Crippen LogP contribution in [0.3, 0.4) is 0 Å². The van der Waals surface area contributed by atoms with Gasteiger partial charge in [0, 0.05) is 17.1 Å². The van der Waals surface area contributed by atoms with Gasteiger partial charge in [-0.25, -0.2) is 4.39 Å². The monoisotopic (exact) mass is 312 g/mol. The van der Waals surface area contributed by atoms with Gasteiger partial charge in [0.05, 0.1) is 12.1 Å². The molecular formula is C18H17FN2O2. The maximum absolute atomic E-state index is 13.3. The van der Waals surface area contributed by atoms with E-state index in [0.29, 0.717) is 35.5 Å². The molecule has 0 amide bonds. The highest BCUT2D eigenvalue weighted by molar-refractivity contribution is 5.78. The van der Waals surface area contributed by atoms with Gasteiger partial charge in [0.25, 0.3) is 5.56 Å². The molecule has 3 rings (SSSR count). The van der Waals surface area contributed by atoms with Crippen molar-refractivity contribution >= 4 is 16.6 Å². The lowest BCUT2D eigenvalue weighted by Crippen LogP contribution is -2.22. The molecule has 0 aliphatic carbocycles. The summed E-state index contributed by atoms with van der Waals surface area (Å²) in [6.07, 6.45) is 0. The Labute approximate surface area is 132 Å². The summed E-state index contributed by atoms with van der Waals surface area (Å²) in [7, 11) is 0. The van der Waals surface area contributed by atoms with Crippen molar-refractivity contribution in [1.29, 1.82) is 0 Å². The number of pyridine rings is 1. The van der Waals surface area contributed by atoms with Gasteiger partial charge in [0.15, 0.2) is 0 Å². The summed E-state index contributed by atoms with van der Waals surface area (Å²) in [4.78, 5) is 12.1.